The number of benzene rings is 2. The summed E-state index contributed by atoms with van der Waals surface area (Å²) in [6, 6.07) is 9.74. The zero-order valence-electron chi connectivity index (χ0n) is 10.8. The van der Waals surface area contributed by atoms with Crippen LogP contribution >= 0.6 is 23.2 Å². The van der Waals surface area contributed by atoms with E-state index >= 15 is 0 Å². The van der Waals surface area contributed by atoms with Gasteiger partial charge in [0, 0.05) is 12.6 Å². The summed E-state index contributed by atoms with van der Waals surface area (Å²) in [6.45, 7) is 0.269. The number of anilines is 1. The van der Waals surface area contributed by atoms with Crippen LogP contribution in [0.1, 0.15) is 11.1 Å². The number of nitrogens with zero attached hydrogens (tertiary/aromatic N) is 1. The SMILES string of the molecule is O=[N+]([O-])c1cc(CNc2cc(CO)ccc2Cl)ccc1Cl. The van der Waals surface area contributed by atoms with E-state index in [9.17, 15) is 10.1 Å². The second-order valence-corrected chi connectivity index (χ2v) is 5.18. The summed E-state index contributed by atoms with van der Waals surface area (Å²) in [4.78, 5) is 10.3. The number of rotatable bonds is 5. The molecule has 2 rings (SSSR count). The quantitative estimate of drug-likeness (QED) is 0.643. The summed E-state index contributed by atoms with van der Waals surface area (Å²) >= 11 is 11.8. The van der Waals surface area contributed by atoms with Gasteiger partial charge in [0.1, 0.15) is 5.02 Å². The van der Waals surface area contributed by atoms with Crippen LogP contribution in [-0.2, 0) is 13.2 Å². The van der Waals surface area contributed by atoms with Crippen LogP contribution in [0.3, 0.4) is 0 Å². The lowest BCUT2D eigenvalue weighted by Crippen LogP contribution is -2.01. The van der Waals surface area contributed by atoms with Crippen LogP contribution in [0, 0.1) is 10.1 Å². The molecule has 0 amide bonds. The van der Waals surface area contributed by atoms with Crippen molar-refractivity contribution in [3.8, 4) is 0 Å². The maximum absolute atomic E-state index is 10.8. The average molecular weight is 327 g/mol. The minimum Gasteiger partial charge on any atom is -0.392 e. The molecule has 0 saturated heterocycles. The van der Waals surface area contributed by atoms with Gasteiger partial charge in [-0.2, -0.15) is 0 Å². The first kappa shape index (κ1) is 15.6. The molecular formula is C14H12Cl2N2O3. The third kappa shape index (κ3) is 3.85. The smallest absolute Gasteiger partial charge is 0.288 e. The van der Waals surface area contributed by atoms with Gasteiger partial charge in [0.2, 0.25) is 0 Å². The summed E-state index contributed by atoms with van der Waals surface area (Å²) < 4.78 is 0. The monoisotopic (exact) mass is 326 g/mol. The number of halogens is 2. The van der Waals surface area contributed by atoms with Gasteiger partial charge in [0.05, 0.1) is 22.2 Å². The number of hydrogen-bond donors (Lipinski definition) is 2. The molecule has 0 bridgehead atoms. The molecule has 110 valence electrons. The summed E-state index contributed by atoms with van der Waals surface area (Å²) in [5.74, 6) is 0. The van der Waals surface area contributed by atoms with Crippen LogP contribution in [0.25, 0.3) is 0 Å². The Morgan fingerprint density at radius 3 is 2.43 bits per heavy atom. The Hall–Kier alpha value is -1.82. The fourth-order valence-electron chi connectivity index (χ4n) is 1.81. The van der Waals surface area contributed by atoms with Crippen LogP contribution in [0.4, 0.5) is 11.4 Å². The molecule has 0 aromatic heterocycles. The molecule has 0 aliphatic heterocycles. The van der Waals surface area contributed by atoms with Crippen molar-refractivity contribution in [3.63, 3.8) is 0 Å². The van der Waals surface area contributed by atoms with E-state index in [0.29, 0.717) is 22.8 Å². The van der Waals surface area contributed by atoms with Gasteiger partial charge in [-0.25, -0.2) is 0 Å². The predicted octanol–water partition coefficient (Wildman–Crippen LogP) is 4.01. The van der Waals surface area contributed by atoms with Gasteiger partial charge in [0.25, 0.3) is 5.69 Å². The van der Waals surface area contributed by atoms with E-state index in [0.717, 1.165) is 5.56 Å². The van der Waals surface area contributed by atoms with E-state index in [1.807, 2.05) is 0 Å². The summed E-state index contributed by atoms with van der Waals surface area (Å²) in [5, 5.41) is 23.6. The van der Waals surface area contributed by atoms with E-state index in [-0.39, 0.29) is 17.3 Å². The maximum Gasteiger partial charge on any atom is 0.288 e. The van der Waals surface area contributed by atoms with Crippen LogP contribution in [-0.4, -0.2) is 10.0 Å². The largest absolute Gasteiger partial charge is 0.392 e. The van der Waals surface area contributed by atoms with Crippen LogP contribution in [0.15, 0.2) is 36.4 Å². The van der Waals surface area contributed by atoms with E-state index in [4.69, 9.17) is 28.3 Å². The highest BCUT2D eigenvalue weighted by molar-refractivity contribution is 6.33. The normalized spacial score (nSPS) is 10.4. The van der Waals surface area contributed by atoms with Crippen molar-refractivity contribution in [2.24, 2.45) is 0 Å². The Bertz CT molecular complexity index is 677. The number of nitro benzene ring substituents is 1. The van der Waals surface area contributed by atoms with Gasteiger partial charge in [-0.3, -0.25) is 10.1 Å². The highest BCUT2D eigenvalue weighted by Gasteiger charge is 2.12. The zero-order chi connectivity index (χ0) is 15.4. The highest BCUT2D eigenvalue weighted by Crippen LogP contribution is 2.27. The van der Waals surface area contributed by atoms with Crippen LogP contribution in [0.5, 0.6) is 0 Å². The molecule has 0 aliphatic carbocycles. The van der Waals surface area contributed by atoms with E-state index in [1.165, 1.54) is 12.1 Å². The predicted molar refractivity (Wildman–Crippen MR) is 82.8 cm³/mol. The molecule has 2 aromatic carbocycles. The number of hydrogen-bond acceptors (Lipinski definition) is 4. The maximum atomic E-state index is 10.8. The van der Waals surface area contributed by atoms with Gasteiger partial charge in [0.15, 0.2) is 0 Å². The van der Waals surface area contributed by atoms with Crippen molar-refractivity contribution < 1.29 is 10.0 Å². The molecule has 0 unspecified atom stereocenters. The fourth-order valence-corrected chi connectivity index (χ4v) is 2.18. The number of nitrogens with one attached hydrogen (secondary N) is 1. The van der Waals surface area contributed by atoms with E-state index in [1.54, 1.807) is 24.3 Å². The third-order valence-corrected chi connectivity index (χ3v) is 3.55. The lowest BCUT2D eigenvalue weighted by molar-refractivity contribution is -0.384. The molecule has 0 spiro atoms. The molecule has 0 radical (unpaired) electrons. The van der Waals surface area contributed by atoms with Crippen LogP contribution in [0.2, 0.25) is 10.0 Å². The van der Waals surface area contributed by atoms with Crippen molar-refractivity contribution in [3.05, 3.63) is 67.7 Å². The van der Waals surface area contributed by atoms with Gasteiger partial charge < -0.3 is 10.4 Å². The number of nitro groups is 1. The summed E-state index contributed by atoms with van der Waals surface area (Å²) in [5.41, 5.74) is 1.95. The van der Waals surface area contributed by atoms with Crippen LogP contribution < -0.4 is 5.32 Å². The van der Waals surface area contributed by atoms with Crippen molar-refractivity contribution in [1.82, 2.24) is 0 Å². The summed E-state index contributed by atoms with van der Waals surface area (Å²) in [7, 11) is 0. The molecule has 2 aromatic rings. The average Bonchev–Trinajstić information content (AvgIpc) is 2.47. The number of aliphatic hydroxyl groups excluding tert-OH is 1. The third-order valence-electron chi connectivity index (χ3n) is 2.90. The molecule has 0 atom stereocenters. The van der Waals surface area contributed by atoms with Crippen molar-refractivity contribution in [1.29, 1.82) is 0 Å². The van der Waals surface area contributed by atoms with Gasteiger partial charge in [-0.05, 0) is 29.3 Å². The Morgan fingerprint density at radius 1 is 1.10 bits per heavy atom. The lowest BCUT2D eigenvalue weighted by atomic mass is 10.1. The molecule has 0 saturated carbocycles. The molecule has 0 fully saturated rings. The van der Waals surface area contributed by atoms with Gasteiger partial charge >= 0.3 is 0 Å². The fraction of sp³-hybridized carbons (Fsp3) is 0.143. The van der Waals surface area contributed by atoms with E-state index in [2.05, 4.69) is 5.32 Å². The molecule has 2 N–H and O–H groups in total. The van der Waals surface area contributed by atoms with Crippen molar-refractivity contribution >= 4 is 34.6 Å². The van der Waals surface area contributed by atoms with Gasteiger partial charge in [-0.1, -0.05) is 35.3 Å². The zero-order valence-corrected chi connectivity index (χ0v) is 12.4. The standard InChI is InChI=1S/C14H12Cl2N2O3/c15-11-3-2-10(8-19)5-13(11)17-7-9-1-4-12(16)14(6-9)18(20)21/h1-6,17,19H,7-8H2. The second kappa shape index (κ2) is 6.76. The lowest BCUT2D eigenvalue weighted by Gasteiger charge is -2.10. The Kier molecular flexibility index (Phi) is 5.01. The highest BCUT2D eigenvalue weighted by atomic mass is 35.5. The molecule has 0 heterocycles. The Morgan fingerprint density at radius 2 is 1.76 bits per heavy atom. The molecule has 21 heavy (non-hydrogen) atoms. The molecule has 0 aliphatic rings. The first-order chi connectivity index (χ1) is 10.0. The Balaban J connectivity index is 2.16. The number of aliphatic hydroxyl groups is 1. The minimum absolute atomic E-state index is 0.0851. The first-order valence-electron chi connectivity index (χ1n) is 6.07. The Labute approximate surface area is 131 Å². The van der Waals surface area contributed by atoms with Gasteiger partial charge in [-0.15, -0.1) is 0 Å². The summed E-state index contributed by atoms with van der Waals surface area (Å²) in [6.07, 6.45) is 0. The van der Waals surface area contributed by atoms with E-state index < -0.39 is 4.92 Å². The second-order valence-electron chi connectivity index (χ2n) is 4.37. The van der Waals surface area contributed by atoms with Crippen molar-refractivity contribution in [2.45, 2.75) is 13.2 Å². The molecular weight excluding hydrogens is 315 g/mol. The molecule has 7 heteroatoms. The minimum atomic E-state index is -0.523. The van der Waals surface area contributed by atoms with Crippen molar-refractivity contribution in [2.75, 3.05) is 5.32 Å². The molecule has 5 nitrogen and oxygen atoms in total. The topological polar surface area (TPSA) is 75.4 Å². The first-order valence-corrected chi connectivity index (χ1v) is 6.83.